The predicted octanol–water partition coefficient (Wildman–Crippen LogP) is 5.96. The third kappa shape index (κ3) is 10.4. The molecule has 0 unspecified atom stereocenters. The van der Waals surface area contributed by atoms with Gasteiger partial charge in [0, 0.05) is 18.4 Å². The van der Waals surface area contributed by atoms with Crippen LogP contribution in [-0.4, -0.2) is 17.4 Å². The molecule has 0 aliphatic heterocycles. The molecule has 0 saturated heterocycles. The summed E-state index contributed by atoms with van der Waals surface area (Å²) in [4.78, 5) is 16.3. The number of hydrogen-bond donors (Lipinski definition) is 1. The zero-order valence-electron chi connectivity index (χ0n) is 16.9. The molecule has 0 bridgehead atoms. The van der Waals surface area contributed by atoms with E-state index in [9.17, 15) is 4.79 Å². The fourth-order valence-corrected chi connectivity index (χ4v) is 2.32. The lowest BCUT2D eigenvalue weighted by molar-refractivity contribution is 0.0952. The second kappa shape index (κ2) is 12.0. The molecular formula is C21H38N2O. The van der Waals surface area contributed by atoms with Gasteiger partial charge in [0.1, 0.15) is 0 Å². The van der Waals surface area contributed by atoms with Crippen LogP contribution in [0.25, 0.3) is 0 Å². The van der Waals surface area contributed by atoms with E-state index in [1.807, 2.05) is 26.0 Å². The highest BCUT2D eigenvalue weighted by Gasteiger charge is 2.09. The van der Waals surface area contributed by atoms with Crippen LogP contribution in [0.5, 0.6) is 0 Å². The second-order valence-electron chi connectivity index (χ2n) is 7.61. The number of carbonyl (C=O) groups excluding carboxylic acids is 1. The zero-order valence-corrected chi connectivity index (χ0v) is 16.9. The minimum absolute atomic E-state index is 0.0162. The average Bonchev–Trinajstić information content (AvgIpc) is 2.54. The third-order valence-corrected chi connectivity index (χ3v) is 3.78. The van der Waals surface area contributed by atoms with Crippen molar-refractivity contribution < 1.29 is 4.79 Å². The van der Waals surface area contributed by atoms with E-state index in [2.05, 4.69) is 44.9 Å². The van der Waals surface area contributed by atoms with Gasteiger partial charge in [0.05, 0.1) is 5.56 Å². The highest BCUT2D eigenvalue weighted by molar-refractivity contribution is 5.93. The van der Waals surface area contributed by atoms with Gasteiger partial charge in [-0.05, 0) is 36.3 Å². The Hall–Kier alpha value is -1.38. The van der Waals surface area contributed by atoms with E-state index in [0.717, 1.165) is 18.7 Å². The quantitative estimate of drug-likeness (QED) is 0.596. The van der Waals surface area contributed by atoms with Crippen molar-refractivity contribution in [2.24, 2.45) is 5.41 Å². The van der Waals surface area contributed by atoms with Crippen LogP contribution in [0.15, 0.2) is 18.3 Å². The largest absolute Gasteiger partial charge is 0.352 e. The van der Waals surface area contributed by atoms with Gasteiger partial charge in [-0.2, -0.15) is 0 Å². The predicted molar refractivity (Wildman–Crippen MR) is 105 cm³/mol. The first-order valence-corrected chi connectivity index (χ1v) is 9.54. The summed E-state index contributed by atoms with van der Waals surface area (Å²) in [6.07, 6.45) is 7.70. The molecule has 1 amide bonds. The summed E-state index contributed by atoms with van der Waals surface area (Å²) in [7, 11) is 0. The van der Waals surface area contributed by atoms with Gasteiger partial charge >= 0.3 is 0 Å². The van der Waals surface area contributed by atoms with Crippen LogP contribution < -0.4 is 5.32 Å². The molecule has 0 aliphatic rings. The van der Waals surface area contributed by atoms with Crippen molar-refractivity contribution >= 4 is 5.91 Å². The van der Waals surface area contributed by atoms with Crippen molar-refractivity contribution in [3.8, 4) is 0 Å². The van der Waals surface area contributed by atoms with Gasteiger partial charge in [-0.25, -0.2) is 0 Å². The minimum Gasteiger partial charge on any atom is -0.352 e. The fraction of sp³-hybridized carbons (Fsp3) is 0.714. The monoisotopic (exact) mass is 334 g/mol. The Bertz CT molecular complexity index is 444. The number of rotatable bonds is 8. The normalized spacial score (nSPS) is 11.0. The van der Waals surface area contributed by atoms with Crippen molar-refractivity contribution in [1.82, 2.24) is 10.3 Å². The number of hydrogen-bond acceptors (Lipinski definition) is 2. The van der Waals surface area contributed by atoms with E-state index in [1.54, 1.807) is 6.20 Å². The van der Waals surface area contributed by atoms with Gasteiger partial charge < -0.3 is 5.32 Å². The van der Waals surface area contributed by atoms with Gasteiger partial charge in [0.25, 0.3) is 5.91 Å². The Morgan fingerprint density at radius 2 is 1.71 bits per heavy atom. The molecule has 1 N–H and O–H groups in total. The van der Waals surface area contributed by atoms with Crippen LogP contribution in [0.1, 0.15) is 103 Å². The van der Waals surface area contributed by atoms with Crippen LogP contribution in [0.2, 0.25) is 0 Å². The lowest BCUT2D eigenvalue weighted by Crippen LogP contribution is -2.24. The van der Waals surface area contributed by atoms with Gasteiger partial charge in [0.2, 0.25) is 0 Å². The number of amides is 1. The molecule has 0 spiro atoms. The molecule has 0 saturated carbocycles. The maximum Gasteiger partial charge on any atom is 0.252 e. The summed E-state index contributed by atoms with van der Waals surface area (Å²) in [6.45, 7) is 15.8. The van der Waals surface area contributed by atoms with Crippen LogP contribution in [0, 0.1) is 5.41 Å². The van der Waals surface area contributed by atoms with E-state index < -0.39 is 0 Å². The number of nitrogens with one attached hydrogen (secondary N) is 1. The molecule has 1 rings (SSSR count). The summed E-state index contributed by atoms with van der Waals surface area (Å²) in [6, 6.07) is 3.80. The van der Waals surface area contributed by atoms with Crippen molar-refractivity contribution in [2.75, 3.05) is 6.54 Å². The second-order valence-corrected chi connectivity index (χ2v) is 7.61. The SMILES string of the molecule is CC.CC(C)c1ccc(C(=O)NCCCCCCC(C)(C)C)cn1. The third-order valence-electron chi connectivity index (χ3n) is 3.78. The smallest absolute Gasteiger partial charge is 0.252 e. The lowest BCUT2D eigenvalue weighted by atomic mass is 9.89. The Kier molecular flexibility index (Phi) is 11.4. The molecule has 3 nitrogen and oxygen atoms in total. The Morgan fingerprint density at radius 3 is 2.21 bits per heavy atom. The van der Waals surface area contributed by atoms with Gasteiger partial charge in [0.15, 0.2) is 0 Å². The van der Waals surface area contributed by atoms with Crippen molar-refractivity contribution in [2.45, 2.75) is 86.5 Å². The number of aromatic nitrogens is 1. The van der Waals surface area contributed by atoms with Crippen LogP contribution >= 0.6 is 0 Å². The van der Waals surface area contributed by atoms with Gasteiger partial charge in [-0.3, -0.25) is 9.78 Å². The molecule has 1 heterocycles. The first-order chi connectivity index (χ1) is 11.3. The summed E-state index contributed by atoms with van der Waals surface area (Å²) >= 11 is 0. The van der Waals surface area contributed by atoms with Crippen molar-refractivity contribution in [1.29, 1.82) is 0 Å². The van der Waals surface area contributed by atoms with Crippen LogP contribution in [0.3, 0.4) is 0 Å². The lowest BCUT2D eigenvalue weighted by Gasteiger charge is -2.17. The Balaban J connectivity index is 0.00000254. The molecule has 24 heavy (non-hydrogen) atoms. The molecule has 1 aromatic heterocycles. The number of carbonyl (C=O) groups is 1. The summed E-state index contributed by atoms with van der Waals surface area (Å²) in [5.41, 5.74) is 2.11. The number of nitrogens with zero attached hydrogens (tertiary/aromatic N) is 1. The molecule has 138 valence electrons. The van der Waals surface area contributed by atoms with E-state index >= 15 is 0 Å². The number of unbranched alkanes of at least 4 members (excludes halogenated alkanes) is 3. The van der Waals surface area contributed by atoms with E-state index in [1.165, 1.54) is 25.7 Å². The first-order valence-electron chi connectivity index (χ1n) is 9.54. The topological polar surface area (TPSA) is 42.0 Å². The molecule has 0 atom stereocenters. The molecular weight excluding hydrogens is 296 g/mol. The highest BCUT2D eigenvalue weighted by Crippen LogP contribution is 2.22. The fourth-order valence-electron chi connectivity index (χ4n) is 2.32. The van der Waals surface area contributed by atoms with Crippen LogP contribution in [0.4, 0.5) is 0 Å². The maximum absolute atomic E-state index is 12.0. The maximum atomic E-state index is 12.0. The Morgan fingerprint density at radius 1 is 1.08 bits per heavy atom. The summed E-state index contributed by atoms with van der Waals surface area (Å²) < 4.78 is 0. The summed E-state index contributed by atoms with van der Waals surface area (Å²) in [5, 5.41) is 2.98. The molecule has 3 heteroatoms. The standard InChI is InChI=1S/C19H32N2O.C2H6/c1-15(2)17-11-10-16(14-21-17)18(22)20-13-9-7-6-8-12-19(3,4)5;1-2/h10-11,14-15H,6-9,12-13H2,1-5H3,(H,20,22);1-2H3. The highest BCUT2D eigenvalue weighted by atomic mass is 16.1. The molecule has 0 radical (unpaired) electrons. The molecule has 1 aromatic rings. The number of pyridine rings is 1. The van der Waals surface area contributed by atoms with Crippen molar-refractivity contribution in [3.05, 3.63) is 29.6 Å². The van der Waals surface area contributed by atoms with Gasteiger partial charge in [-0.1, -0.05) is 67.7 Å². The molecule has 0 aromatic carbocycles. The molecule has 0 aliphatic carbocycles. The van der Waals surface area contributed by atoms with E-state index in [-0.39, 0.29) is 5.91 Å². The van der Waals surface area contributed by atoms with Gasteiger partial charge in [-0.15, -0.1) is 0 Å². The minimum atomic E-state index is -0.0162. The Labute approximate surface area is 149 Å². The van der Waals surface area contributed by atoms with Crippen molar-refractivity contribution in [3.63, 3.8) is 0 Å². The van der Waals surface area contributed by atoms with Crippen LogP contribution in [-0.2, 0) is 0 Å². The first kappa shape index (κ1) is 22.6. The zero-order chi connectivity index (χ0) is 18.6. The van der Waals surface area contributed by atoms with E-state index in [0.29, 0.717) is 16.9 Å². The average molecular weight is 335 g/mol. The summed E-state index contributed by atoms with van der Waals surface area (Å²) in [5.74, 6) is 0.378. The molecule has 0 fully saturated rings. The van der Waals surface area contributed by atoms with E-state index in [4.69, 9.17) is 0 Å².